The quantitative estimate of drug-likeness (QED) is 0.543. The number of anilines is 1. The van der Waals surface area contributed by atoms with Gasteiger partial charge in [0, 0.05) is 26.2 Å². The first-order chi connectivity index (χ1) is 12.7. The van der Waals surface area contributed by atoms with Gasteiger partial charge in [-0.2, -0.15) is 4.31 Å². The molecule has 0 N–H and O–H groups in total. The Morgan fingerprint density at radius 3 is 2.37 bits per heavy atom. The molecule has 1 aliphatic heterocycles. The van der Waals surface area contributed by atoms with E-state index in [-0.39, 0.29) is 52.5 Å². The van der Waals surface area contributed by atoms with E-state index >= 15 is 0 Å². The Labute approximate surface area is 165 Å². The van der Waals surface area contributed by atoms with Crippen LogP contribution in [0.1, 0.15) is 0 Å². The molecule has 0 unspecified atom stereocenters. The van der Waals surface area contributed by atoms with Crippen molar-refractivity contribution in [1.82, 2.24) is 4.31 Å². The van der Waals surface area contributed by atoms with Crippen molar-refractivity contribution in [2.75, 3.05) is 31.1 Å². The van der Waals surface area contributed by atoms with Gasteiger partial charge in [-0.05, 0) is 24.3 Å². The van der Waals surface area contributed by atoms with Crippen molar-refractivity contribution in [3.63, 3.8) is 0 Å². The van der Waals surface area contributed by atoms with Gasteiger partial charge in [0.15, 0.2) is 0 Å². The van der Waals surface area contributed by atoms with Crippen LogP contribution >= 0.6 is 23.2 Å². The maximum atomic E-state index is 13.3. The number of piperazine rings is 1. The molecule has 3 rings (SSSR count). The number of rotatable bonds is 4. The minimum absolute atomic E-state index is 0.0456. The molecule has 7 nitrogen and oxygen atoms in total. The molecule has 0 saturated carbocycles. The lowest BCUT2D eigenvalue weighted by atomic mass is 10.2. The second-order valence-corrected chi connectivity index (χ2v) is 8.52. The standard InChI is InChI=1S/C16H14Cl2FN3O4S/c17-12-2-1-3-15(16(12)18)27(25,26)21-8-6-20(7-9-21)13-5-4-11(19)10-14(13)22(23)24/h1-5,10H,6-9H2. The van der Waals surface area contributed by atoms with E-state index in [9.17, 15) is 22.9 Å². The van der Waals surface area contributed by atoms with Gasteiger partial charge in [-0.3, -0.25) is 10.1 Å². The summed E-state index contributed by atoms with van der Waals surface area (Å²) >= 11 is 11.9. The summed E-state index contributed by atoms with van der Waals surface area (Å²) in [5.41, 5.74) is -0.108. The van der Waals surface area contributed by atoms with Crippen molar-refractivity contribution >= 4 is 44.6 Å². The predicted octanol–water partition coefficient (Wildman–Crippen LogP) is 3.55. The van der Waals surface area contributed by atoms with Gasteiger partial charge in [0.05, 0.1) is 21.0 Å². The van der Waals surface area contributed by atoms with Crippen molar-refractivity contribution in [3.8, 4) is 0 Å². The SMILES string of the molecule is O=[N+]([O-])c1cc(F)ccc1N1CCN(S(=O)(=O)c2cccc(Cl)c2Cl)CC1. The number of hydrogen-bond donors (Lipinski definition) is 0. The van der Waals surface area contributed by atoms with Gasteiger partial charge in [0.1, 0.15) is 16.4 Å². The summed E-state index contributed by atoms with van der Waals surface area (Å²) in [6.07, 6.45) is 0. The Hall–Kier alpha value is -1.94. The lowest BCUT2D eigenvalue weighted by molar-refractivity contribution is -0.384. The number of halogens is 3. The maximum absolute atomic E-state index is 13.3. The fraction of sp³-hybridized carbons (Fsp3) is 0.250. The number of hydrogen-bond acceptors (Lipinski definition) is 5. The van der Waals surface area contributed by atoms with Gasteiger partial charge < -0.3 is 4.90 Å². The second-order valence-electron chi connectivity index (χ2n) is 5.83. The van der Waals surface area contributed by atoms with Crippen LogP contribution in [0.5, 0.6) is 0 Å². The highest BCUT2D eigenvalue weighted by molar-refractivity contribution is 7.89. The average Bonchev–Trinajstić information content (AvgIpc) is 2.64. The Morgan fingerprint density at radius 1 is 1.07 bits per heavy atom. The Kier molecular flexibility index (Phi) is 5.57. The van der Waals surface area contributed by atoms with E-state index in [2.05, 4.69) is 0 Å². The highest BCUT2D eigenvalue weighted by Crippen LogP contribution is 2.33. The molecule has 144 valence electrons. The van der Waals surface area contributed by atoms with Crippen LogP contribution in [0.25, 0.3) is 0 Å². The van der Waals surface area contributed by atoms with E-state index in [1.54, 1.807) is 4.90 Å². The molecule has 0 radical (unpaired) electrons. The third-order valence-electron chi connectivity index (χ3n) is 4.25. The van der Waals surface area contributed by atoms with E-state index in [0.29, 0.717) is 0 Å². The van der Waals surface area contributed by atoms with Crippen LogP contribution in [0.15, 0.2) is 41.3 Å². The molecule has 0 amide bonds. The first kappa shape index (κ1) is 19.8. The number of nitrogens with zero attached hydrogens (tertiary/aromatic N) is 3. The molecule has 2 aromatic carbocycles. The first-order valence-corrected chi connectivity index (χ1v) is 10.0. The second kappa shape index (κ2) is 7.59. The van der Waals surface area contributed by atoms with Crippen molar-refractivity contribution < 1.29 is 17.7 Å². The number of nitro benzene ring substituents is 1. The van der Waals surface area contributed by atoms with Gasteiger partial charge >= 0.3 is 0 Å². The summed E-state index contributed by atoms with van der Waals surface area (Å²) < 4.78 is 40.2. The zero-order valence-electron chi connectivity index (χ0n) is 13.8. The molecule has 27 heavy (non-hydrogen) atoms. The van der Waals surface area contributed by atoms with Crippen LogP contribution in [0.3, 0.4) is 0 Å². The molecule has 0 atom stereocenters. The lowest BCUT2D eigenvalue weighted by Crippen LogP contribution is -2.48. The van der Waals surface area contributed by atoms with Crippen molar-refractivity contribution in [3.05, 3.63) is 62.4 Å². The van der Waals surface area contributed by atoms with E-state index in [0.717, 1.165) is 12.1 Å². The molecule has 1 heterocycles. The summed E-state index contributed by atoms with van der Waals surface area (Å²) in [5.74, 6) is -0.706. The molecule has 1 fully saturated rings. The lowest BCUT2D eigenvalue weighted by Gasteiger charge is -2.35. The van der Waals surface area contributed by atoms with Gasteiger partial charge in [-0.25, -0.2) is 12.8 Å². The topological polar surface area (TPSA) is 83.8 Å². The number of benzene rings is 2. The minimum Gasteiger partial charge on any atom is -0.363 e. The van der Waals surface area contributed by atoms with Crippen LogP contribution in [0.2, 0.25) is 10.0 Å². The molecular weight excluding hydrogens is 420 g/mol. The van der Waals surface area contributed by atoms with Crippen LogP contribution < -0.4 is 4.90 Å². The summed E-state index contributed by atoms with van der Waals surface area (Å²) in [5, 5.41) is 11.3. The van der Waals surface area contributed by atoms with E-state index < -0.39 is 20.8 Å². The molecule has 1 aliphatic rings. The Morgan fingerprint density at radius 2 is 1.74 bits per heavy atom. The number of nitro groups is 1. The molecule has 0 aromatic heterocycles. The molecule has 0 bridgehead atoms. The summed E-state index contributed by atoms with van der Waals surface area (Å²) in [7, 11) is -3.86. The molecule has 0 spiro atoms. The van der Waals surface area contributed by atoms with Crippen LogP contribution in [-0.4, -0.2) is 43.8 Å². The van der Waals surface area contributed by atoms with Crippen LogP contribution in [-0.2, 0) is 10.0 Å². The molecule has 0 aliphatic carbocycles. The average molecular weight is 434 g/mol. The maximum Gasteiger partial charge on any atom is 0.295 e. The fourth-order valence-corrected chi connectivity index (χ4v) is 5.06. The zero-order chi connectivity index (χ0) is 19.8. The summed E-state index contributed by atoms with van der Waals surface area (Å²) in [4.78, 5) is 12.1. The van der Waals surface area contributed by atoms with Crippen molar-refractivity contribution in [2.45, 2.75) is 4.90 Å². The third-order valence-corrected chi connectivity index (χ3v) is 7.12. The predicted molar refractivity (Wildman–Crippen MR) is 100 cm³/mol. The monoisotopic (exact) mass is 433 g/mol. The largest absolute Gasteiger partial charge is 0.363 e. The zero-order valence-corrected chi connectivity index (χ0v) is 16.1. The normalized spacial score (nSPS) is 15.7. The number of sulfonamides is 1. The minimum atomic E-state index is -3.86. The highest BCUT2D eigenvalue weighted by Gasteiger charge is 2.32. The summed E-state index contributed by atoms with van der Waals surface area (Å²) in [6, 6.07) is 7.68. The Bertz CT molecular complexity index is 995. The van der Waals surface area contributed by atoms with E-state index in [4.69, 9.17) is 23.2 Å². The van der Waals surface area contributed by atoms with Crippen molar-refractivity contribution in [2.24, 2.45) is 0 Å². The third kappa shape index (κ3) is 3.86. The Balaban J connectivity index is 1.82. The fourth-order valence-electron chi connectivity index (χ4n) is 2.90. The van der Waals surface area contributed by atoms with Gasteiger partial charge in [-0.1, -0.05) is 29.3 Å². The first-order valence-electron chi connectivity index (χ1n) is 7.85. The molecular formula is C16H14Cl2FN3O4S. The van der Waals surface area contributed by atoms with Crippen LogP contribution in [0, 0.1) is 15.9 Å². The van der Waals surface area contributed by atoms with Gasteiger partial charge in [0.25, 0.3) is 5.69 Å². The van der Waals surface area contributed by atoms with Crippen molar-refractivity contribution in [1.29, 1.82) is 0 Å². The molecule has 11 heteroatoms. The smallest absolute Gasteiger partial charge is 0.295 e. The van der Waals surface area contributed by atoms with E-state index in [1.807, 2.05) is 0 Å². The molecule has 2 aromatic rings. The van der Waals surface area contributed by atoms with E-state index in [1.165, 1.54) is 28.6 Å². The highest BCUT2D eigenvalue weighted by atomic mass is 35.5. The van der Waals surface area contributed by atoms with Gasteiger partial charge in [0.2, 0.25) is 10.0 Å². The molecule has 1 saturated heterocycles. The van der Waals surface area contributed by atoms with Gasteiger partial charge in [-0.15, -0.1) is 0 Å². The van der Waals surface area contributed by atoms with Crippen LogP contribution in [0.4, 0.5) is 15.8 Å². The summed E-state index contributed by atoms with van der Waals surface area (Å²) in [6.45, 7) is 0.618.